The summed E-state index contributed by atoms with van der Waals surface area (Å²) >= 11 is 0. The molecule has 0 N–H and O–H groups in total. The van der Waals surface area contributed by atoms with Crippen LogP contribution in [0, 0.1) is 23.2 Å². The van der Waals surface area contributed by atoms with Gasteiger partial charge in [0.05, 0.1) is 24.7 Å². The van der Waals surface area contributed by atoms with E-state index in [9.17, 15) is 5.26 Å². The standard InChI is InChI=1S/C16H28N2O/c1-4-13-6-7-14(9-17)16(8-13)18-10-12(3)19-11-15(18)5-2/h12-16H,4-8,10-11H2,1-3H3. The van der Waals surface area contributed by atoms with Crippen molar-refractivity contribution in [2.24, 2.45) is 11.8 Å². The molecule has 1 heterocycles. The van der Waals surface area contributed by atoms with Crippen LogP contribution in [-0.4, -0.2) is 36.2 Å². The first kappa shape index (κ1) is 14.8. The van der Waals surface area contributed by atoms with Crippen molar-refractivity contribution in [2.75, 3.05) is 13.2 Å². The van der Waals surface area contributed by atoms with E-state index in [1.165, 1.54) is 19.3 Å². The van der Waals surface area contributed by atoms with Gasteiger partial charge in [0.1, 0.15) is 0 Å². The van der Waals surface area contributed by atoms with Gasteiger partial charge in [-0.15, -0.1) is 0 Å². The van der Waals surface area contributed by atoms with Gasteiger partial charge in [0.15, 0.2) is 0 Å². The third-order valence-electron chi connectivity index (χ3n) is 5.08. The molecular weight excluding hydrogens is 236 g/mol. The maximum Gasteiger partial charge on any atom is 0.0674 e. The van der Waals surface area contributed by atoms with Crippen LogP contribution in [0.4, 0.5) is 0 Å². The quantitative estimate of drug-likeness (QED) is 0.785. The first-order valence-corrected chi connectivity index (χ1v) is 7.96. The Bertz CT molecular complexity index is 325. The Kier molecular flexibility index (Phi) is 5.24. The van der Waals surface area contributed by atoms with Crippen molar-refractivity contribution in [3.05, 3.63) is 0 Å². The van der Waals surface area contributed by atoms with Crippen LogP contribution in [0.15, 0.2) is 0 Å². The van der Waals surface area contributed by atoms with Gasteiger partial charge in [-0.25, -0.2) is 0 Å². The summed E-state index contributed by atoms with van der Waals surface area (Å²) in [6, 6.07) is 3.54. The van der Waals surface area contributed by atoms with Crippen molar-refractivity contribution in [2.45, 2.75) is 71.1 Å². The Morgan fingerprint density at radius 3 is 2.68 bits per heavy atom. The van der Waals surface area contributed by atoms with Crippen molar-refractivity contribution < 1.29 is 4.74 Å². The molecule has 1 aliphatic heterocycles. The summed E-state index contributed by atoms with van der Waals surface area (Å²) in [4.78, 5) is 2.60. The molecule has 19 heavy (non-hydrogen) atoms. The monoisotopic (exact) mass is 264 g/mol. The maximum atomic E-state index is 9.47. The van der Waals surface area contributed by atoms with Crippen LogP contribution in [0.2, 0.25) is 0 Å². The van der Waals surface area contributed by atoms with Crippen molar-refractivity contribution >= 4 is 0 Å². The molecule has 3 heteroatoms. The largest absolute Gasteiger partial charge is 0.376 e. The minimum absolute atomic E-state index is 0.224. The molecule has 5 atom stereocenters. The minimum Gasteiger partial charge on any atom is -0.376 e. The zero-order chi connectivity index (χ0) is 13.8. The van der Waals surface area contributed by atoms with Crippen molar-refractivity contribution in [3.63, 3.8) is 0 Å². The highest BCUT2D eigenvalue weighted by Crippen LogP contribution is 2.36. The smallest absolute Gasteiger partial charge is 0.0674 e. The van der Waals surface area contributed by atoms with E-state index in [4.69, 9.17) is 4.74 Å². The van der Waals surface area contributed by atoms with E-state index < -0.39 is 0 Å². The molecule has 0 amide bonds. The average Bonchev–Trinajstić information content (AvgIpc) is 2.46. The van der Waals surface area contributed by atoms with Gasteiger partial charge in [-0.05, 0) is 38.5 Å². The topological polar surface area (TPSA) is 36.3 Å². The van der Waals surface area contributed by atoms with E-state index in [1.807, 2.05) is 0 Å². The summed E-state index contributed by atoms with van der Waals surface area (Å²) in [5.41, 5.74) is 0. The lowest BCUT2D eigenvalue weighted by Crippen LogP contribution is -2.56. The predicted molar refractivity (Wildman–Crippen MR) is 76.7 cm³/mol. The van der Waals surface area contributed by atoms with Gasteiger partial charge < -0.3 is 4.74 Å². The fourth-order valence-electron chi connectivity index (χ4n) is 3.75. The molecule has 0 aromatic rings. The highest BCUT2D eigenvalue weighted by atomic mass is 16.5. The van der Waals surface area contributed by atoms with Crippen molar-refractivity contribution in [1.82, 2.24) is 4.90 Å². The zero-order valence-electron chi connectivity index (χ0n) is 12.6. The highest BCUT2D eigenvalue weighted by Gasteiger charge is 2.38. The maximum absolute atomic E-state index is 9.47. The Hall–Kier alpha value is -0.590. The number of hydrogen-bond donors (Lipinski definition) is 0. The lowest BCUT2D eigenvalue weighted by molar-refractivity contribution is -0.0865. The van der Waals surface area contributed by atoms with Crippen LogP contribution in [0.3, 0.4) is 0 Å². The lowest BCUT2D eigenvalue weighted by Gasteiger charge is -2.47. The third kappa shape index (κ3) is 3.30. The molecule has 1 saturated heterocycles. The van der Waals surface area contributed by atoms with Gasteiger partial charge >= 0.3 is 0 Å². The van der Waals surface area contributed by atoms with Gasteiger partial charge in [-0.3, -0.25) is 4.90 Å². The number of hydrogen-bond acceptors (Lipinski definition) is 3. The van der Waals surface area contributed by atoms with Gasteiger partial charge in [0, 0.05) is 18.6 Å². The lowest BCUT2D eigenvalue weighted by atomic mass is 9.76. The molecule has 0 spiro atoms. The van der Waals surface area contributed by atoms with Crippen LogP contribution in [0.25, 0.3) is 0 Å². The molecule has 0 radical (unpaired) electrons. The third-order valence-corrected chi connectivity index (χ3v) is 5.08. The average molecular weight is 264 g/mol. The second-order valence-corrected chi connectivity index (χ2v) is 6.29. The zero-order valence-corrected chi connectivity index (χ0v) is 12.6. The second-order valence-electron chi connectivity index (χ2n) is 6.29. The first-order valence-electron chi connectivity index (χ1n) is 7.96. The molecular formula is C16H28N2O. The Morgan fingerprint density at radius 1 is 1.26 bits per heavy atom. The second kappa shape index (κ2) is 6.72. The molecule has 2 rings (SSSR count). The summed E-state index contributed by atoms with van der Waals surface area (Å²) in [5.74, 6) is 1.03. The van der Waals surface area contributed by atoms with E-state index >= 15 is 0 Å². The van der Waals surface area contributed by atoms with E-state index in [2.05, 4.69) is 31.7 Å². The van der Waals surface area contributed by atoms with Crippen molar-refractivity contribution in [3.8, 4) is 6.07 Å². The number of nitriles is 1. The van der Waals surface area contributed by atoms with E-state index in [-0.39, 0.29) is 5.92 Å². The molecule has 0 aromatic carbocycles. The number of nitrogens with zero attached hydrogens (tertiary/aromatic N) is 2. The molecule has 108 valence electrons. The fourth-order valence-corrected chi connectivity index (χ4v) is 3.75. The van der Waals surface area contributed by atoms with Crippen LogP contribution in [0.1, 0.15) is 52.9 Å². The summed E-state index contributed by atoms with van der Waals surface area (Å²) in [5, 5.41) is 9.47. The summed E-state index contributed by atoms with van der Waals surface area (Å²) in [7, 11) is 0. The van der Waals surface area contributed by atoms with Gasteiger partial charge in [-0.2, -0.15) is 5.26 Å². The number of rotatable bonds is 3. The first-order chi connectivity index (χ1) is 9.19. The van der Waals surface area contributed by atoms with Crippen LogP contribution in [-0.2, 0) is 4.74 Å². The van der Waals surface area contributed by atoms with E-state index in [0.717, 1.165) is 31.9 Å². The van der Waals surface area contributed by atoms with E-state index in [0.29, 0.717) is 18.2 Å². The van der Waals surface area contributed by atoms with Gasteiger partial charge in [0.2, 0.25) is 0 Å². The molecule has 0 aromatic heterocycles. The molecule has 1 saturated carbocycles. The Balaban J connectivity index is 2.12. The van der Waals surface area contributed by atoms with Crippen LogP contribution >= 0.6 is 0 Å². The van der Waals surface area contributed by atoms with Crippen molar-refractivity contribution in [1.29, 1.82) is 5.26 Å². The minimum atomic E-state index is 0.224. The molecule has 1 aliphatic carbocycles. The predicted octanol–water partition coefficient (Wildman–Crippen LogP) is 3.20. The number of morpholine rings is 1. The number of ether oxygens (including phenoxy) is 1. The van der Waals surface area contributed by atoms with Gasteiger partial charge in [-0.1, -0.05) is 20.3 Å². The molecule has 3 nitrogen and oxygen atoms in total. The Labute approximate surface area is 117 Å². The van der Waals surface area contributed by atoms with Gasteiger partial charge in [0.25, 0.3) is 0 Å². The van der Waals surface area contributed by atoms with E-state index in [1.54, 1.807) is 0 Å². The fraction of sp³-hybridized carbons (Fsp3) is 0.938. The van der Waals surface area contributed by atoms with Crippen LogP contribution in [0.5, 0.6) is 0 Å². The Morgan fingerprint density at radius 2 is 2.05 bits per heavy atom. The summed E-state index contributed by atoms with van der Waals surface area (Å²) in [6.07, 6.45) is 6.22. The molecule has 2 aliphatic rings. The highest BCUT2D eigenvalue weighted by molar-refractivity contribution is 4.99. The molecule has 2 fully saturated rings. The molecule has 0 bridgehead atoms. The summed E-state index contributed by atoms with van der Waals surface area (Å²) in [6.45, 7) is 8.51. The van der Waals surface area contributed by atoms with Crippen LogP contribution < -0.4 is 0 Å². The molecule has 5 unspecified atom stereocenters. The normalized spacial score (nSPS) is 40.8. The SMILES string of the molecule is CCC1CCC(C#N)C(N2CC(C)OCC2CC)C1. The summed E-state index contributed by atoms with van der Waals surface area (Å²) < 4.78 is 5.80.